The SMILES string of the molecule is O=C(CN1C(=O)S/C(=C/C=C/c2ccccc2)C1=O)Nc1ccc(F)c(F)c1F. The number of hydrogen-bond donors (Lipinski definition) is 1. The molecule has 5 nitrogen and oxygen atoms in total. The van der Waals surface area contributed by atoms with Crippen molar-refractivity contribution in [3.05, 3.63) is 82.5 Å². The number of nitrogens with one attached hydrogen (secondary N) is 1. The van der Waals surface area contributed by atoms with Crippen LogP contribution in [-0.2, 0) is 9.59 Å². The van der Waals surface area contributed by atoms with E-state index < -0.39 is 46.7 Å². The molecule has 0 bridgehead atoms. The zero-order valence-electron chi connectivity index (χ0n) is 14.7. The average molecular weight is 418 g/mol. The summed E-state index contributed by atoms with van der Waals surface area (Å²) in [5, 5.41) is 1.35. The van der Waals surface area contributed by atoms with Gasteiger partial charge in [0.05, 0.1) is 10.6 Å². The first-order valence-electron chi connectivity index (χ1n) is 8.27. The minimum Gasteiger partial charge on any atom is -0.322 e. The van der Waals surface area contributed by atoms with Crippen molar-refractivity contribution in [1.82, 2.24) is 4.90 Å². The van der Waals surface area contributed by atoms with E-state index in [-0.39, 0.29) is 4.91 Å². The van der Waals surface area contributed by atoms with Gasteiger partial charge in [-0.05, 0) is 35.5 Å². The molecule has 1 fully saturated rings. The summed E-state index contributed by atoms with van der Waals surface area (Å²) in [4.78, 5) is 37.2. The summed E-state index contributed by atoms with van der Waals surface area (Å²) in [5.41, 5.74) is 0.304. The summed E-state index contributed by atoms with van der Waals surface area (Å²) in [5.74, 6) is -6.32. The lowest BCUT2D eigenvalue weighted by Crippen LogP contribution is -2.36. The van der Waals surface area contributed by atoms with Gasteiger partial charge < -0.3 is 5.32 Å². The van der Waals surface area contributed by atoms with Crippen molar-refractivity contribution in [2.24, 2.45) is 0 Å². The fourth-order valence-corrected chi connectivity index (χ4v) is 3.21. The van der Waals surface area contributed by atoms with Gasteiger partial charge >= 0.3 is 0 Å². The van der Waals surface area contributed by atoms with Crippen LogP contribution in [0.5, 0.6) is 0 Å². The summed E-state index contributed by atoms with van der Waals surface area (Å²) in [6, 6.07) is 10.8. The lowest BCUT2D eigenvalue weighted by Gasteiger charge is -2.13. The highest BCUT2D eigenvalue weighted by Gasteiger charge is 2.36. The Morgan fingerprint density at radius 1 is 1.03 bits per heavy atom. The second-order valence-electron chi connectivity index (χ2n) is 5.83. The topological polar surface area (TPSA) is 66.5 Å². The summed E-state index contributed by atoms with van der Waals surface area (Å²) < 4.78 is 39.8. The number of rotatable bonds is 5. The number of nitrogens with zero attached hydrogens (tertiary/aromatic N) is 1. The van der Waals surface area contributed by atoms with E-state index in [4.69, 9.17) is 0 Å². The molecule has 29 heavy (non-hydrogen) atoms. The van der Waals surface area contributed by atoms with Gasteiger partial charge in [0.2, 0.25) is 5.91 Å². The third kappa shape index (κ3) is 4.75. The number of imide groups is 1. The van der Waals surface area contributed by atoms with Crippen LogP contribution in [0.4, 0.5) is 23.7 Å². The molecule has 1 aliphatic heterocycles. The van der Waals surface area contributed by atoms with E-state index in [0.29, 0.717) is 22.7 Å². The maximum Gasteiger partial charge on any atom is 0.294 e. The summed E-state index contributed by atoms with van der Waals surface area (Å²) >= 11 is 0.656. The monoisotopic (exact) mass is 418 g/mol. The highest BCUT2D eigenvalue weighted by molar-refractivity contribution is 8.18. The third-order valence-corrected chi connectivity index (χ3v) is 4.75. The molecule has 148 valence electrons. The summed E-state index contributed by atoms with van der Waals surface area (Å²) in [6.07, 6.45) is 4.79. The highest BCUT2D eigenvalue weighted by atomic mass is 32.2. The smallest absolute Gasteiger partial charge is 0.294 e. The van der Waals surface area contributed by atoms with Gasteiger partial charge in [0, 0.05) is 0 Å². The lowest BCUT2D eigenvalue weighted by atomic mass is 10.2. The first kappa shape index (κ1) is 20.4. The van der Waals surface area contributed by atoms with Crippen molar-refractivity contribution in [1.29, 1.82) is 0 Å². The molecule has 3 amide bonds. The Morgan fingerprint density at radius 2 is 1.76 bits per heavy atom. The predicted octanol–water partition coefficient (Wildman–Crippen LogP) is 4.34. The first-order valence-corrected chi connectivity index (χ1v) is 9.09. The van der Waals surface area contributed by atoms with Crippen LogP contribution < -0.4 is 5.32 Å². The van der Waals surface area contributed by atoms with E-state index in [9.17, 15) is 27.6 Å². The Labute approximate surface area is 167 Å². The highest BCUT2D eigenvalue weighted by Crippen LogP contribution is 2.30. The molecule has 1 saturated heterocycles. The van der Waals surface area contributed by atoms with Crippen molar-refractivity contribution in [3.8, 4) is 0 Å². The zero-order valence-corrected chi connectivity index (χ0v) is 15.5. The van der Waals surface area contributed by atoms with Crippen LogP contribution in [-0.4, -0.2) is 28.5 Å². The van der Waals surface area contributed by atoms with Gasteiger partial charge in [-0.2, -0.15) is 0 Å². The molecule has 0 unspecified atom stereocenters. The van der Waals surface area contributed by atoms with E-state index in [1.165, 1.54) is 6.08 Å². The van der Waals surface area contributed by atoms with Crippen LogP contribution in [0.1, 0.15) is 5.56 Å². The van der Waals surface area contributed by atoms with Gasteiger partial charge in [0.15, 0.2) is 17.5 Å². The van der Waals surface area contributed by atoms with Gasteiger partial charge in [0.25, 0.3) is 11.1 Å². The minimum absolute atomic E-state index is 0.119. The van der Waals surface area contributed by atoms with Gasteiger partial charge in [-0.1, -0.05) is 42.5 Å². The Hall–Kier alpha value is -3.33. The fraction of sp³-hybridized carbons (Fsp3) is 0.0500. The normalized spacial score (nSPS) is 15.6. The molecule has 0 atom stereocenters. The number of halogens is 3. The van der Waals surface area contributed by atoms with E-state index >= 15 is 0 Å². The first-order chi connectivity index (χ1) is 13.9. The number of carbonyl (C=O) groups is 3. The number of thioether (sulfide) groups is 1. The Morgan fingerprint density at radius 3 is 2.48 bits per heavy atom. The van der Waals surface area contributed by atoms with Crippen LogP contribution in [0.2, 0.25) is 0 Å². The number of allylic oxidation sites excluding steroid dienone is 2. The Bertz CT molecular complexity index is 1040. The van der Waals surface area contributed by atoms with Gasteiger partial charge in [0.1, 0.15) is 6.54 Å². The van der Waals surface area contributed by atoms with Crippen molar-refractivity contribution in [2.75, 3.05) is 11.9 Å². The van der Waals surface area contributed by atoms with Gasteiger partial charge in [-0.3, -0.25) is 19.3 Å². The molecule has 3 rings (SSSR count). The fourth-order valence-electron chi connectivity index (χ4n) is 2.42. The Balaban J connectivity index is 1.65. The second kappa shape index (κ2) is 8.78. The number of hydrogen-bond acceptors (Lipinski definition) is 4. The predicted molar refractivity (Wildman–Crippen MR) is 103 cm³/mol. The maximum atomic E-state index is 13.6. The van der Waals surface area contributed by atoms with Gasteiger partial charge in [-0.25, -0.2) is 13.2 Å². The Kier molecular flexibility index (Phi) is 6.18. The molecule has 9 heteroatoms. The molecule has 1 heterocycles. The van der Waals surface area contributed by atoms with Crippen LogP contribution in [0.15, 0.2) is 59.5 Å². The van der Waals surface area contributed by atoms with E-state index in [1.807, 2.05) is 35.6 Å². The number of amides is 3. The van der Waals surface area contributed by atoms with E-state index in [1.54, 1.807) is 12.2 Å². The number of anilines is 1. The van der Waals surface area contributed by atoms with Crippen LogP contribution in [0.25, 0.3) is 6.08 Å². The number of carbonyl (C=O) groups excluding carboxylic acids is 3. The summed E-state index contributed by atoms with van der Waals surface area (Å²) in [7, 11) is 0. The average Bonchev–Trinajstić information content (AvgIpc) is 2.97. The molecule has 1 aliphatic rings. The largest absolute Gasteiger partial charge is 0.322 e. The quantitative estimate of drug-likeness (QED) is 0.580. The van der Waals surface area contributed by atoms with Gasteiger partial charge in [-0.15, -0.1) is 0 Å². The standard InChI is InChI=1S/C20H13F3N2O3S/c21-13-9-10-14(18(23)17(13)22)24-16(26)11-25-19(27)15(29-20(25)28)8-4-7-12-5-2-1-3-6-12/h1-10H,11H2,(H,24,26)/b7-4+,15-8+. The minimum atomic E-state index is -1.73. The molecule has 1 N–H and O–H groups in total. The van der Waals surface area contributed by atoms with Crippen molar-refractivity contribution >= 4 is 40.6 Å². The zero-order chi connectivity index (χ0) is 21.0. The maximum absolute atomic E-state index is 13.6. The molecule has 0 saturated carbocycles. The molecule has 2 aromatic rings. The van der Waals surface area contributed by atoms with Crippen molar-refractivity contribution < 1.29 is 27.6 Å². The number of benzene rings is 2. The third-order valence-electron chi connectivity index (χ3n) is 3.82. The molecular weight excluding hydrogens is 405 g/mol. The molecular formula is C20H13F3N2O3S. The second-order valence-corrected chi connectivity index (χ2v) is 6.82. The van der Waals surface area contributed by atoms with E-state index in [2.05, 4.69) is 0 Å². The molecule has 0 aliphatic carbocycles. The molecule has 0 aromatic heterocycles. The molecule has 0 spiro atoms. The lowest BCUT2D eigenvalue weighted by molar-refractivity contribution is -0.127. The summed E-state index contributed by atoms with van der Waals surface area (Å²) in [6.45, 7) is -0.692. The molecule has 2 aromatic carbocycles. The van der Waals surface area contributed by atoms with Crippen LogP contribution in [0, 0.1) is 17.5 Å². The van der Waals surface area contributed by atoms with Crippen molar-refractivity contribution in [2.45, 2.75) is 0 Å². The van der Waals surface area contributed by atoms with E-state index in [0.717, 1.165) is 11.6 Å². The van der Waals surface area contributed by atoms with Crippen molar-refractivity contribution in [3.63, 3.8) is 0 Å². The molecule has 0 radical (unpaired) electrons. The van der Waals surface area contributed by atoms with Crippen LogP contribution in [0.3, 0.4) is 0 Å². The van der Waals surface area contributed by atoms with Crippen LogP contribution >= 0.6 is 11.8 Å².